The normalized spacial score (nSPS) is 12.6. The summed E-state index contributed by atoms with van der Waals surface area (Å²) in [5, 5.41) is 10.8. The summed E-state index contributed by atoms with van der Waals surface area (Å²) in [6.07, 6.45) is 4.53. The largest absolute Gasteiger partial charge is 0.310 e. The summed E-state index contributed by atoms with van der Waals surface area (Å²) >= 11 is 3.76. The zero-order valence-corrected chi connectivity index (χ0v) is 49.0. The Morgan fingerprint density at radius 2 is 0.641 bits per heavy atom. The Bertz CT molecular complexity index is 3970. The predicted molar refractivity (Wildman–Crippen MR) is 347 cm³/mol. The van der Waals surface area contributed by atoms with Crippen molar-refractivity contribution in [1.29, 1.82) is 0 Å². The molecule has 2 heterocycles. The molecule has 0 saturated heterocycles. The van der Waals surface area contributed by atoms with Gasteiger partial charge in [-0.2, -0.15) is 0 Å². The Morgan fingerprint density at radius 3 is 1.04 bits per heavy atom. The van der Waals surface area contributed by atoms with Crippen molar-refractivity contribution in [3.05, 3.63) is 258 Å². The smallest absolute Gasteiger partial charge is 0.179 e. The molecule has 0 atom stereocenters. The molecule has 0 N–H and O–H groups in total. The minimum absolute atomic E-state index is 0.0578. The van der Waals surface area contributed by atoms with Crippen LogP contribution in [0.3, 0.4) is 0 Å². The van der Waals surface area contributed by atoms with E-state index < -0.39 is 8.07 Å². The third-order valence-corrected chi connectivity index (χ3v) is 23.0. The Hall–Kier alpha value is -7.60. The molecular formula is C74H67NS2Si. The summed E-state index contributed by atoms with van der Waals surface area (Å²) in [5.41, 5.74) is 12.6. The molecule has 2 aromatic heterocycles. The molecule has 12 aromatic rings. The maximum absolute atomic E-state index is 2.82. The first-order chi connectivity index (χ1) is 37.5. The second-order valence-electron chi connectivity index (χ2n) is 24.3. The SMILES string of the molecule is CC(C)(C)c1ccc([Si](c2ccc(-c3ccc4c(c3)sc3cc(/C=C/c5ccc6c(c5)sc5cc(N(c7ccccc7)c7ccccc7)ccc56)ccc34)cc2)(c2ccc(C(C)(C)C)cc2)c2ccc(C(C)(C)C)cc2)cc1. The van der Waals surface area contributed by atoms with Crippen molar-refractivity contribution >= 4 is 121 Å². The average molecular weight is 1060 g/mol. The van der Waals surface area contributed by atoms with E-state index in [4.69, 9.17) is 0 Å². The van der Waals surface area contributed by atoms with Crippen LogP contribution in [0.5, 0.6) is 0 Å². The Balaban J connectivity index is 0.856. The van der Waals surface area contributed by atoms with E-state index in [1.807, 2.05) is 22.7 Å². The first-order valence-corrected chi connectivity index (χ1v) is 31.1. The fraction of sp³-hybridized carbons (Fsp3) is 0.162. The number of rotatable bonds is 10. The van der Waals surface area contributed by atoms with Crippen molar-refractivity contribution in [2.45, 2.75) is 78.6 Å². The third-order valence-electron chi connectivity index (χ3n) is 15.9. The molecule has 12 rings (SSSR count). The van der Waals surface area contributed by atoms with Crippen LogP contribution in [0, 0.1) is 0 Å². The van der Waals surface area contributed by atoms with Crippen molar-refractivity contribution in [2.24, 2.45) is 0 Å². The molecule has 0 bridgehead atoms. The predicted octanol–water partition coefficient (Wildman–Crippen LogP) is 19.0. The van der Waals surface area contributed by atoms with Crippen molar-refractivity contribution in [2.75, 3.05) is 4.90 Å². The first-order valence-electron chi connectivity index (χ1n) is 27.5. The molecule has 10 aromatic carbocycles. The van der Waals surface area contributed by atoms with Crippen LogP contribution < -0.4 is 25.6 Å². The van der Waals surface area contributed by atoms with E-state index in [-0.39, 0.29) is 16.2 Å². The summed E-state index contributed by atoms with van der Waals surface area (Å²) in [6.45, 7) is 20.8. The van der Waals surface area contributed by atoms with Gasteiger partial charge >= 0.3 is 0 Å². The lowest BCUT2D eigenvalue weighted by Crippen LogP contribution is -2.74. The van der Waals surface area contributed by atoms with Crippen LogP contribution in [0.4, 0.5) is 17.1 Å². The maximum atomic E-state index is 2.45. The third kappa shape index (κ3) is 9.65. The van der Waals surface area contributed by atoms with Crippen molar-refractivity contribution in [3.8, 4) is 11.1 Å². The molecule has 0 aliphatic carbocycles. The summed E-state index contributed by atoms with van der Waals surface area (Å²) in [5.74, 6) is 0. The van der Waals surface area contributed by atoms with Gasteiger partial charge in [0.1, 0.15) is 0 Å². The lowest BCUT2D eigenvalue weighted by molar-refractivity contribution is 0.590. The van der Waals surface area contributed by atoms with Crippen LogP contribution in [0.25, 0.3) is 63.6 Å². The van der Waals surface area contributed by atoms with Gasteiger partial charge in [-0.15, -0.1) is 22.7 Å². The molecular weight excluding hydrogens is 995 g/mol. The monoisotopic (exact) mass is 1060 g/mol. The minimum Gasteiger partial charge on any atom is -0.310 e. The van der Waals surface area contributed by atoms with Crippen LogP contribution in [0.15, 0.2) is 231 Å². The fourth-order valence-electron chi connectivity index (χ4n) is 11.5. The lowest BCUT2D eigenvalue weighted by atomic mass is 9.87. The lowest BCUT2D eigenvalue weighted by Gasteiger charge is -2.36. The number of hydrogen-bond acceptors (Lipinski definition) is 3. The van der Waals surface area contributed by atoms with Crippen LogP contribution in [-0.2, 0) is 16.2 Å². The Kier molecular flexibility index (Phi) is 13.1. The summed E-state index contributed by atoms with van der Waals surface area (Å²) in [7, 11) is -2.82. The van der Waals surface area contributed by atoms with E-state index in [1.165, 1.54) is 100 Å². The number of anilines is 3. The standard InChI is InChI=1S/C74H67NS2Si/c1-72(2,3)54-27-36-61(37-28-54)78(62-38-29-55(30-39-62)73(4,5)6,63-40-31-56(32-41-63)74(7,8)9)60-34-24-52(25-35-60)53-26-44-66-64-42-22-50(46-68(64)76-70(66)48-53)20-21-51-23-43-65-67-45-33-59(49-71(67)77-69(65)47-51)75(57-16-12-10-13-17-57)58-18-14-11-15-19-58/h10-49H,1-9H3/b21-20+. The molecule has 0 saturated carbocycles. The van der Waals surface area contributed by atoms with E-state index in [0.717, 1.165) is 17.1 Å². The van der Waals surface area contributed by atoms with Gasteiger partial charge in [-0.1, -0.05) is 250 Å². The average Bonchev–Trinajstić information content (AvgIpc) is 4.14. The van der Waals surface area contributed by atoms with Crippen LogP contribution >= 0.6 is 22.7 Å². The quantitative estimate of drug-likeness (QED) is 0.0749. The summed E-state index contributed by atoms with van der Waals surface area (Å²) in [4.78, 5) is 2.34. The van der Waals surface area contributed by atoms with Gasteiger partial charge in [0.25, 0.3) is 0 Å². The molecule has 0 fully saturated rings. The van der Waals surface area contributed by atoms with Gasteiger partial charge in [0, 0.05) is 57.4 Å². The van der Waals surface area contributed by atoms with Crippen molar-refractivity contribution in [1.82, 2.24) is 0 Å². The molecule has 78 heavy (non-hydrogen) atoms. The van der Waals surface area contributed by atoms with Crippen LogP contribution in [0.2, 0.25) is 0 Å². The van der Waals surface area contributed by atoms with Crippen molar-refractivity contribution < 1.29 is 0 Å². The Labute approximate surface area is 470 Å². The highest BCUT2D eigenvalue weighted by molar-refractivity contribution is 7.26. The highest BCUT2D eigenvalue weighted by Crippen LogP contribution is 2.42. The van der Waals surface area contributed by atoms with E-state index in [1.54, 1.807) is 0 Å². The number of nitrogens with zero attached hydrogens (tertiary/aromatic N) is 1. The van der Waals surface area contributed by atoms with Gasteiger partial charge in [-0.05, 0) is 131 Å². The second-order valence-corrected chi connectivity index (χ2v) is 30.2. The van der Waals surface area contributed by atoms with Crippen LogP contribution in [0.1, 0.15) is 90.1 Å². The van der Waals surface area contributed by atoms with E-state index in [9.17, 15) is 0 Å². The zero-order chi connectivity index (χ0) is 54.0. The van der Waals surface area contributed by atoms with E-state index in [0.29, 0.717) is 0 Å². The van der Waals surface area contributed by atoms with Crippen LogP contribution in [-0.4, -0.2) is 8.07 Å². The molecule has 0 radical (unpaired) electrons. The summed E-state index contributed by atoms with van der Waals surface area (Å²) in [6, 6.07) is 87.6. The number of para-hydroxylation sites is 2. The van der Waals surface area contributed by atoms with E-state index in [2.05, 4.69) is 310 Å². The van der Waals surface area contributed by atoms with Gasteiger partial charge in [0.15, 0.2) is 8.07 Å². The van der Waals surface area contributed by atoms with Gasteiger partial charge in [-0.25, -0.2) is 0 Å². The number of hydrogen-bond donors (Lipinski definition) is 0. The molecule has 1 nitrogen and oxygen atoms in total. The van der Waals surface area contributed by atoms with Gasteiger partial charge in [0.05, 0.1) is 0 Å². The fourth-order valence-corrected chi connectivity index (χ4v) is 18.5. The number of fused-ring (bicyclic) bond motifs is 6. The Morgan fingerprint density at radius 1 is 0.308 bits per heavy atom. The molecule has 0 aliphatic heterocycles. The maximum Gasteiger partial charge on any atom is 0.179 e. The molecule has 0 aliphatic rings. The molecule has 384 valence electrons. The van der Waals surface area contributed by atoms with Gasteiger partial charge in [0.2, 0.25) is 0 Å². The number of benzene rings is 10. The zero-order valence-electron chi connectivity index (χ0n) is 46.4. The molecule has 0 amide bonds. The van der Waals surface area contributed by atoms with E-state index >= 15 is 0 Å². The highest BCUT2D eigenvalue weighted by Gasteiger charge is 2.42. The van der Waals surface area contributed by atoms with Gasteiger partial charge in [-0.3, -0.25) is 0 Å². The van der Waals surface area contributed by atoms with Crippen molar-refractivity contribution in [3.63, 3.8) is 0 Å². The minimum atomic E-state index is -2.82. The second kappa shape index (κ2) is 20.0. The molecule has 0 unspecified atom stereocenters. The topological polar surface area (TPSA) is 3.24 Å². The first kappa shape index (κ1) is 51.2. The highest BCUT2D eigenvalue weighted by atomic mass is 32.1. The molecule has 4 heteroatoms. The van der Waals surface area contributed by atoms with Gasteiger partial charge < -0.3 is 4.90 Å². The number of thiophene rings is 2. The molecule has 0 spiro atoms. The summed E-state index contributed by atoms with van der Waals surface area (Å²) < 4.78 is 5.19.